The number of ether oxygens (including phenoxy) is 1. The minimum Gasteiger partial charge on any atom is -0.445 e. The molecule has 0 fully saturated rings. The summed E-state index contributed by atoms with van der Waals surface area (Å²) in [5.74, 6) is 0. The lowest BCUT2D eigenvalue weighted by Crippen LogP contribution is -2.35. The first-order valence-corrected chi connectivity index (χ1v) is 12.2. The van der Waals surface area contributed by atoms with Gasteiger partial charge in [0.05, 0.1) is 23.1 Å². The molecule has 0 bridgehead atoms. The van der Waals surface area contributed by atoms with Crippen LogP contribution >= 0.6 is 15.9 Å². The van der Waals surface area contributed by atoms with Crippen molar-refractivity contribution in [3.63, 3.8) is 0 Å². The number of fused-ring (bicyclic) bond motifs is 1. The molecule has 1 aliphatic rings. The molecule has 0 aliphatic carbocycles. The molecule has 0 atom stereocenters. The van der Waals surface area contributed by atoms with Crippen LogP contribution in [0.1, 0.15) is 17.5 Å². The Hall–Kier alpha value is -3.84. The Balaban J connectivity index is 1.23. The van der Waals surface area contributed by atoms with E-state index >= 15 is 0 Å². The molecule has 0 unspecified atom stereocenters. The Bertz CT molecular complexity index is 1380. The highest BCUT2D eigenvalue weighted by Crippen LogP contribution is 2.33. The molecule has 7 heteroatoms. The quantitative estimate of drug-likeness (QED) is 0.299. The SMILES string of the molecule is Nc1cnc2ccc(Br)cc2c1Nc1ccc(C2=CCN(C(=O)OCc3ccccc3)CC2)cc1. The second-order valence-electron chi connectivity index (χ2n) is 8.42. The Morgan fingerprint density at radius 2 is 1.89 bits per heavy atom. The van der Waals surface area contributed by atoms with Crippen LogP contribution in [0, 0.1) is 0 Å². The number of rotatable bonds is 5. The number of halogens is 1. The molecule has 0 saturated carbocycles. The van der Waals surface area contributed by atoms with E-state index in [-0.39, 0.29) is 12.7 Å². The van der Waals surface area contributed by atoms with Crippen LogP contribution in [-0.4, -0.2) is 29.1 Å². The summed E-state index contributed by atoms with van der Waals surface area (Å²) < 4.78 is 6.43. The first-order chi connectivity index (χ1) is 17.1. The molecule has 5 rings (SSSR count). The van der Waals surface area contributed by atoms with Gasteiger partial charge >= 0.3 is 6.09 Å². The lowest BCUT2D eigenvalue weighted by molar-refractivity contribution is 0.0998. The van der Waals surface area contributed by atoms with E-state index in [1.54, 1.807) is 11.1 Å². The summed E-state index contributed by atoms with van der Waals surface area (Å²) in [5.41, 5.74) is 12.8. The van der Waals surface area contributed by atoms with E-state index < -0.39 is 0 Å². The van der Waals surface area contributed by atoms with Gasteiger partial charge in [0, 0.05) is 28.6 Å². The number of amides is 1. The Kier molecular flexibility index (Phi) is 6.68. The van der Waals surface area contributed by atoms with E-state index in [0.29, 0.717) is 18.8 Å². The number of hydrogen-bond donors (Lipinski definition) is 2. The lowest BCUT2D eigenvalue weighted by atomic mass is 9.99. The van der Waals surface area contributed by atoms with Gasteiger partial charge < -0.3 is 20.7 Å². The molecular formula is C28H25BrN4O2. The van der Waals surface area contributed by atoms with E-state index in [1.807, 2.05) is 60.7 Å². The molecule has 35 heavy (non-hydrogen) atoms. The van der Waals surface area contributed by atoms with Crippen LogP contribution in [0.3, 0.4) is 0 Å². The van der Waals surface area contributed by atoms with Gasteiger partial charge in [0.15, 0.2) is 0 Å². The maximum absolute atomic E-state index is 12.4. The lowest BCUT2D eigenvalue weighted by Gasteiger charge is -2.26. The zero-order valence-electron chi connectivity index (χ0n) is 19.1. The largest absolute Gasteiger partial charge is 0.445 e. The molecule has 1 amide bonds. The summed E-state index contributed by atoms with van der Waals surface area (Å²) in [7, 11) is 0. The standard InChI is InChI=1S/C28H25BrN4O2/c29-22-8-11-26-24(16-22)27(25(30)17-31-26)32-23-9-6-20(7-10-23)21-12-14-33(15-13-21)28(34)35-18-19-4-2-1-3-5-19/h1-12,16-17H,13-15,18,30H2,(H,31,32). The summed E-state index contributed by atoms with van der Waals surface area (Å²) in [6.45, 7) is 1.46. The molecule has 4 aromatic rings. The monoisotopic (exact) mass is 528 g/mol. The predicted molar refractivity (Wildman–Crippen MR) is 144 cm³/mol. The molecule has 0 saturated heterocycles. The summed E-state index contributed by atoms with van der Waals surface area (Å²) >= 11 is 3.53. The van der Waals surface area contributed by atoms with Crippen molar-refractivity contribution in [2.45, 2.75) is 13.0 Å². The third-order valence-corrected chi connectivity index (χ3v) is 6.55. The number of benzene rings is 3. The molecule has 0 spiro atoms. The van der Waals surface area contributed by atoms with Crippen molar-refractivity contribution >= 4 is 55.6 Å². The maximum Gasteiger partial charge on any atom is 0.410 e. The van der Waals surface area contributed by atoms with Crippen LogP contribution in [-0.2, 0) is 11.3 Å². The van der Waals surface area contributed by atoms with Crippen molar-refractivity contribution < 1.29 is 9.53 Å². The number of aromatic nitrogens is 1. The number of anilines is 3. The molecule has 1 aromatic heterocycles. The van der Waals surface area contributed by atoms with Crippen molar-refractivity contribution in [1.82, 2.24) is 9.88 Å². The Morgan fingerprint density at radius 3 is 2.63 bits per heavy atom. The van der Waals surface area contributed by atoms with E-state index in [4.69, 9.17) is 10.5 Å². The highest BCUT2D eigenvalue weighted by molar-refractivity contribution is 9.10. The molecule has 6 nitrogen and oxygen atoms in total. The molecule has 176 valence electrons. The maximum atomic E-state index is 12.4. The van der Waals surface area contributed by atoms with Crippen molar-refractivity contribution in [1.29, 1.82) is 0 Å². The van der Waals surface area contributed by atoms with Gasteiger partial charge in [-0.25, -0.2) is 4.79 Å². The van der Waals surface area contributed by atoms with Gasteiger partial charge in [0.1, 0.15) is 6.61 Å². The summed E-state index contributed by atoms with van der Waals surface area (Å²) in [5, 5.41) is 4.40. The van der Waals surface area contributed by atoms with Crippen LogP contribution in [0.15, 0.2) is 89.5 Å². The van der Waals surface area contributed by atoms with E-state index in [9.17, 15) is 4.79 Å². The van der Waals surface area contributed by atoms with Crippen molar-refractivity contribution in [2.24, 2.45) is 0 Å². The zero-order valence-corrected chi connectivity index (χ0v) is 20.7. The van der Waals surface area contributed by atoms with Crippen LogP contribution in [0.2, 0.25) is 0 Å². The highest BCUT2D eigenvalue weighted by atomic mass is 79.9. The zero-order chi connectivity index (χ0) is 24.2. The van der Waals surface area contributed by atoms with Gasteiger partial charge in [-0.05, 0) is 53.5 Å². The normalized spacial score (nSPS) is 13.4. The van der Waals surface area contributed by atoms with Crippen molar-refractivity contribution in [3.05, 3.63) is 101 Å². The van der Waals surface area contributed by atoms with Crippen molar-refractivity contribution in [2.75, 3.05) is 24.1 Å². The van der Waals surface area contributed by atoms with E-state index in [2.05, 4.69) is 44.4 Å². The number of pyridine rings is 1. The molecule has 3 aromatic carbocycles. The number of hydrogen-bond acceptors (Lipinski definition) is 5. The highest BCUT2D eigenvalue weighted by Gasteiger charge is 2.19. The van der Waals surface area contributed by atoms with Gasteiger partial charge in [-0.2, -0.15) is 0 Å². The first-order valence-electron chi connectivity index (χ1n) is 11.4. The van der Waals surface area contributed by atoms with Gasteiger partial charge in [-0.15, -0.1) is 0 Å². The second-order valence-corrected chi connectivity index (χ2v) is 9.33. The minimum absolute atomic E-state index is 0.280. The number of carbonyl (C=O) groups excluding carboxylic acids is 1. The smallest absolute Gasteiger partial charge is 0.410 e. The van der Waals surface area contributed by atoms with E-state index in [1.165, 1.54) is 5.57 Å². The summed E-state index contributed by atoms with van der Waals surface area (Å²) in [4.78, 5) is 18.6. The Morgan fingerprint density at radius 1 is 1.09 bits per heavy atom. The van der Waals surface area contributed by atoms with Gasteiger partial charge in [-0.3, -0.25) is 4.98 Å². The summed E-state index contributed by atoms with van der Waals surface area (Å²) in [6.07, 6.45) is 4.28. The van der Waals surface area contributed by atoms with Crippen LogP contribution in [0.25, 0.3) is 16.5 Å². The fourth-order valence-electron chi connectivity index (χ4n) is 4.14. The third kappa shape index (κ3) is 5.30. The van der Waals surface area contributed by atoms with E-state index in [0.717, 1.165) is 44.3 Å². The first kappa shape index (κ1) is 22.9. The van der Waals surface area contributed by atoms with Gasteiger partial charge in [0.2, 0.25) is 0 Å². The second kappa shape index (κ2) is 10.2. The average molecular weight is 529 g/mol. The fourth-order valence-corrected chi connectivity index (χ4v) is 4.50. The number of nitrogens with zero attached hydrogens (tertiary/aromatic N) is 2. The van der Waals surface area contributed by atoms with Crippen molar-refractivity contribution in [3.8, 4) is 0 Å². The predicted octanol–water partition coefficient (Wildman–Crippen LogP) is 6.75. The number of carbonyl (C=O) groups is 1. The van der Waals surface area contributed by atoms with Gasteiger partial charge in [0.25, 0.3) is 0 Å². The summed E-state index contributed by atoms with van der Waals surface area (Å²) in [6, 6.07) is 23.9. The number of nitrogen functional groups attached to an aromatic ring is 1. The minimum atomic E-state index is -0.280. The topological polar surface area (TPSA) is 80.5 Å². The van der Waals surface area contributed by atoms with Gasteiger partial charge in [-0.1, -0.05) is 64.5 Å². The average Bonchev–Trinajstić information content (AvgIpc) is 2.90. The van der Waals surface area contributed by atoms with Crippen LogP contribution < -0.4 is 11.1 Å². The van der Waals surface area contributed by atoms with Crippen LogP contribution in [0.4, 0.5) is 21.9 Å². The fraction of sp³-hybridized carbons (Fsp3) is 0.143. The molecule has 1 aliphatic heterocycles. The van der Waals surface area contributed by atoms with Crippen LogP contribution in [0.5, 0.6) is 0 Å². The number of nitrogens with two attached hydrogens (primary N) is 1. The molecule has 3 N–H and O–H groups in total. The molecule has 0 radical (unpaired) electrons. The molecular weight excluding hydrogens is 504 g/mol. The Labute approximate surface area is 212 Å². The number of nitrogens with one attached hydrogen (secondary N) is 1. The molecule has 2 heterocycles. The third-order valence-electron chi connectivity index (χ3n) is 6.06.